The van der Waals surface area contributed by atoms with E-state index in [2.05, 4.69) is 20.7 Å². The zero-order valence-corrected chi connectivity index (χ0v) is 12.3. The molecule has 1 aliphatic rings. The number of nitrogens with zero attached hydrogens (tertiary/aromatic N) is 3. The number of rotatable bonds is 4. The molecule has 0 radical (unpaired) electrons. The Bertz CT molecular complexity index is 843. The lowest BCUT2D eigenvalue weighted by Crippen LogP contribution is -2.09. The first-order valence-electron chi connectivity index (χ1n) is 7.02. The van der Waals surface area contributed by atoms with Crippen LogP contribution < -0.4 is 10.6 Å². The molecule has 22 heavy (non-hydrogen) atoms. The van der Waals surface area contributed by atoms with Crippen LogP contribution >= 0.6 is 11.6 Å². The van der Waals surface area contributed by atoms with Crippen molar-refractivity contribution in [3.8, 4) is 0 Å². The van der Waals surface area contributed by atoms with Crippen molar-refractivity contribution in [2.75, 3.05) is 10.6 Å². The number of anilines is 3. The molecule has 1 aliphatic carbocycles. The van der Waals surface area contributed by atoms with Gasteiger partial charge in [-0.3, -0.25) is 0 Å². The van der Waals surface area contributed by atoms with E-state index < -0.39 is 0 Å². The molecule has 1 aromatic carbocycles. The molecule has 0 aliphatic heterocycles. The van der Waals surface area contributed by atoms with Gasteiger partial charge in [-0.2, -0.15) is 9.61 Å². The second-order valence-electron chi connectivity index (χ2n) is 5.30. The van der Waals surface area contributed by atoms with E-state index in [9.17, 15) is 4.39 Å². The average molecular weight is 318 g/mol. The number of benzene rings is 1. The second kappa shape index (κ2) is 5.14. The number of nitrogens with one attached hydrogen (secondary N) is 2. The third-order valence-electron chi connectivity index (χ3n) is 3.48. The molecule has 1 fully saturated rings. The predicted octanol–water partition coefficient (Wildman–Crippen LogP) is 3.84. The largest absolute Gasteiger partial charge is 0.367 e. The molecule has 2 heterocycles. The van der Waals surface area contributed by atoms with E-state index in [1.54, 1.807) is 10.7 Å². The monoisotopic (exact) mass is 317 g/mol. The molecule has 0 saturated heterocycles. The Morgan fingerprint density at radius 1 is 1.23 bits per heavy atom. The van der Waals surface area contributed by atoms with Gasteiger partial charge in [0.05, 0.1) is 16.9 Å². The molecule has 1 saturated carbocycles. The van der Waals surface area contributed by atoms with Gasteiger partial charge in [-0.05, 0) is 31.0 Å². The Labute approximate surface area is 131 Å². The Kier molecular flexibility index (Phi) is 3.11. The van der Waals surface area contributed by atoms with Crippen molar-refractivity contribution < 1.29 is 4.39 Å². The lowest BCUT2D eigenvalue weighted by molar-refractivity contribution is 0.628. The Morgan fingerprint density at radius 2 is 2.09 bits per heavy atom. The third kappa shape index (κ3) is 2.57. The van der Waals surface area contributed by atoms with Crippen molar-refractivity contribution in [1.29, 1.82) is 0 Å². The zero-order valence-electron chi connectivity index (χ0n) is 11.6. The van der Waals surface area contributed by atoms with Crippen molar-refractivity contribution in [3.63, 3.8) is 0 Å². The van der Waals surface area contributed by atoms with Crippen molar-refractivity contribution >= 4 is 34.6 Å². The minimum absolute atomic E-state index is 0.353. The molecular weight excluding hydrogens is 305 g/mol. The fourth-order valence-electron chi connectivity index (χ4n) is 2.25. The highest BCUT2D eigenvalue weighted by atomic mass is 35.5. The van der Waals surface area contributed by atoms with Gasteiger partial charge in [-0.25, -0.2) is 9.37 Å². The van der Waals surface area contributed by atoms with Gasteiger partial charge in [0, 0.05) is 18.2 Å². The summed E-state index contributed by atoms with van der Waals surface area (Å²) >= 11 is 6.09. The lowest BCUT2D eigenvalue weighted by Gasteiger charge is -2.12. The molecule has 2 aromatic heterocycles. The molecule has 0 spiro atoms. The summed E-state index contributed by atoms with van der Waals surface area (Å²) in [5.74, 6) is 1.09. The molecule has 3 aromatic rings. The van der Waals surface area contributed by atoms with Crippen LogP contribution in [0, 0.1) is 5.82 Å². The van der Waals surface area contributed by atoms with E-state index in [1.807, 2.05) is 12.1 Å². The topological polar surface area (TPSA) is 54.2 Å². The number of hydrogen-bond acceptors (Lipinski definition) is 4. The summed E-state index contributed by atoms with van der Waals surface area (Å²) < 4.78 is 15.1. The molecule has 2 N–H and O–H groups in total. The van der Waals surface area contributed by atoms with Gasteiger partial charge in [-0.1, -0.05) is 11.6 Å². The van der Waals surface area contributed by atoms with Crippen LogP contribution in [0.25, 0.3) is 5.65 Å². The van der Waals surface area contributed by atoms with Crippen molar-refractivity contribution in [3.05, 3.63) is 47.4 Å². The summed E-state index contributed by atoms with van der Waals surface area (Å²) in [6.07, 6.45) is 4.01. The first kappa shape index (κ1) is 13.3. The molecule has 7 heteroatoms. The molecule has 0 unspecified atom stereocenters. The van der Waals surface area contributed by atoms with Crippen LogP contribution in [0.1, 0.15) is 12.8 Å². The summed E-state index contributed by atoms with van der Waals surface area (Å²) in [5.41, 5.74) is 1.19. The normalized spacial score (nSPS) is 14.3. The van der Waals surface area contributed by atoms with Crippen molar-refractivity contribution in [2.24, 2.45) is 0 Å². The highest BCUT2D eigenvalue weighted by molar-refractivity contribution is 6.33. The van der Waals surface area contributed by atoms with Crippen molar-refractivity contribution in [1.82, 2.24) is 14.6 Å². The summed E-state index contributed by atoms with van der Waals surface area (Å²) in [6.45, 7) is 0. The second-order valence-corrected chi connectivity index (χ2v) is 5.70. The van der Waals surface area contributed by atoms with E-state index in [0.717, 1.165) is 18.7 Å². The number of halogens is 2. The van der Waals surface area contributed by atoms with Crippen LogP contribution in [0.3, 0.4) is 0 Å². The van der Waals surface area contributed by atoms with E-state index in [0.29, 0.717) is 28.2 Å². The quantitative estimate of drug-likeness (QED) is 0.767. The standard InChI is InChI=1S/C15H13ClFN5/c16-11-4-1-9(17)7-12(11)20-13-8-15(19-10-2-3-10)22-14(21-13)5-6-18-22/h1,4-8,10,19H,2-3H2,(H,20,21). The first-order valence-corrected chi connectivity index (χ1v) is 7.40. The smallest absolute Gasteiger partial charge is 0.159 e. The van der Waals surface area contributed by atoms with Gasteiger partial charge in [0.1, 0.15) is 17.5 Å². The highest BCUT2D eigenvalue weighted by Gasteiger charge is 2.22. The molecule has 112 valence electrons. The summed E-state index contributed by atoms with van der Waals surface area (Å²) in [5, 5.41) is 11.2. The SMILES string of the molecule is Fc1ccc(Cl)c(Nc2cc(NC3CC3)n3nccc3n2)c1. The van der Waals surface area contributed by atoms with Gasteiger partial charge >= 0.3 is 0 Å². The van der Waals surface area contributed by atoms with Gasteiger partial charge < -0.3 is 10.6 Å². The molecule has 0 bridgehead atoms. The lowest BCUT2D eigenvalue weighted by atomic mass is 10.3. The molecule has 5 nitrogen and oxygen atoms in total. The Hall–Kier alpha value is -2.34. The van der Waals surface area contributed by atoms with E-state index in [4.69, 9.17) is 11.6 Å². The van der Waals surface area contributed by atoms with Crippen LogP contribution in [0.5, 0.6) is 0 Å². The maximum Gasteiger partial charge on any atom is 0.159 e. The minimum Gasteiger partial charge on any atom is -0.367 e. The molecule has 4 rings (SSSR count). The fraction of sp³-hybridized carbons (Fsp3) is 0.200. The van der Waals surface area contributed by atoms with Gasteiger partial charge in [0.15, 0.2) is 5.65 Å². The maximum absolute atomic E-state index is 13.4. The Morgan fingerprint density at radius 3 is 2.91 bits per heavy atom. The predicted molar refractivity (Wildman–Crippen MR) is 84.3 cm³/mol. The van der Waals surface area contributed by atoms with Crippen molar-refractivity contribution in [2.45, 2.75) is 18.9 Å². The van der Waals surface area contributed by atoms with Gasteiger partial charge in [0.2, 0.25) is 0 Å². The molecular formula is C15H13ClFN5. The van der Waals surface area contributed by atoms with Crippen LogP contribution in [-0.2, 0) is 0 Å². The van der Waals surface area contributed by atoms with E-state index >= 15 is 0 Å². The molecule has 0 amide bonds. The first-order chi connectivity index (χ1) is 10.7. The van der Waals surface area contributed by atoms with Crippen LogP contribution in [0.15, 0.2) is 36.5 Å². The summed E-state index contributed by atoms with van der Waals surface area (Å²) in [4.78, 5) is 4.46. The maximum atomic E-state index is 13.4. The summed E-state index contributed by atoms with van der Waals surface area (Å²) in [6, 6.07) is 8.33. The number of hydrogen-bond donors (Lipinski definition) is 2. The minimum atomic E-state index is -0.353. The van der Waals surface area contributed by atoms with Crippen LogP contribution in [-0.4, -0.2) is 20.6 Å². The zero-order chi connectivity index (χ0) is 15.1. The fourth-order valence-corrected chi connectivity index (χ4v) is 2.41. The summed E-state index contributed by atoms with van der Waals surface area (Å²) in [7, 11) is 0. The van der Waals surface area contributed by atoms with Crippen LogP contribution in [0.4, 0.5) is 21.7 Å². The van der Waals surface area contributed by atoms with Crippen LogP contribution in [0.2, 0.25) is 5.02 Å². The highest BCUT2D eigenvalue weighted by Crippen LogP contribution is 2.29. The number of aromatic nitrogens is 3. The average Bonchev–Trinajstić information content (AvgIpc) is 3.17. The van der Waals surface area contributed by atoms with Gasteiger partial charge in [0.25, 0.3) is 0 Å². The van der Waals surface area contributed by atoms with E-state index in [-0.39, 0.29) is 5.82 Å². The van der Waals surface area contributed by atoms with E-state index in [1.165, 1.54) is 18.2 Å². The number of fused-ring (bicyclic) bond motifs is 1. The molecule has 0 atom stereocenters. The Balaban J connectivity index is 1.72. The third-order valence-corrected chi connectivity index (χ3v) is 3.81. The van der Waals surface area contributed by atoms with Gasteiger partial charge in [-0.15, -0.1) is 0 Å².